The molecule has 1 aliphatic heterocycles. The third-order valence-corrected chi connectivity index (χ3v) is 6.08. The van der Waals surface area contributed by atoms with Crippen LogP contribution in [0.3, 0.4) is 0 Å². The lowest BCUT2D eigenvalue weighted by Gasteiger charge is -2.36. The van der Waals surface area contributed by atoms with Gasteiger partial charge in [0.15, 0.2) is 0 Å². The van der Waals surface area contributed by atoms with Crippen LogP contribution in [0.2, 0.25) is 0 Å². The molecule has 1 aromatic carbocycles. The Kier molecular flexibility index (Phi) is 5.93. The first-order valence-electron chi connectivity index (χ1n) is 8.13. The Morgan fingerprint density at radius 2 is 2.23 bits per heavy atom. The molecule has 3 nitrogen and oxygen atoms in total. The zero-order valence-corrected chi connectivity index (χ0v) is 14.5. The average Bonchev–Trinajstić information content (AvgIpc) is 2.62. The first-order chi connectivity index (χ1) is 10.5. The maximum atomic E-state index is 11.1. The van der Waals surface area contributed by atoms with Gasteiger partial charge >= 0.3 is 5.97 Å². The highest BCUT2D eigenvalue weighted by Crippen LogP contribution is 2.44. The van der Waals surface area contributed by atoms with Crippen LogP contribution in [0.4, 0.5) is 0 Å². The maximum absolute atomic E-state index is 11.1. The van der Waals surface area contributed by atoms with Crippen LogP contribution in [0, 0.1) is 5.41 Å². The van der Waals surface area contributed by atoms with Gasteiger partial charge in [0.1, 0.15) is 5.75 Å². The minimum atomic E-state index is -0.308. The van der Waals surface area contributed by atoms with Gasteiger partial charge in [-0.15, -0.1) is 11.8 Å². The molecule has 0 fully saturated rings. The summed E-state index contributed by atoms with van der Waals surface area (Å²) in [4.78, 5) is 12.2. The van der Waals surface area contributed by atoms with Crippen molar-refractivity contribution in [3.8, 4) is 5.75 Å². The summed E-state index contributed by atoms with van der Waals surface area (Å²) in [5, 5.41) is 10.8. The SMILES string of the molecule is CCCC[C@@]1(CC)CSc2cc(OC(C)=O)ccc2C[C@H]1O. The second kappa shape index (κ2) is 7.51. The van der Waals surface area contributed by atoms with E-state index in [-0.39, 0.29) is 17.5 Å². The Hall–Kier alpha value is -1.00. The molecule has 0 aromatic heterocycles. The van der Waals surface area contributed by atoms with E-state index in [0.717, 1.165) is 41.9 Å². The number of ether oxygens (including phenoxy) is 1. The molecule has 1 aliphatic rings. The number of carbonyl (C=O) groups excluding carboxylic acids is 1. The highest BCUT2D eigenvalue weighted by atomic mass is 32.2. The minimum absolute atomic E-state index is 0.0126. The number of unbranched alkanes of at least 4 members (excludes halogenated alkanes) is 1. The number of aliphatic hydroxyl groups excluding tert-OH is 1. The lowest BCUT2D eigenvalue weighted by atomic mass is 9.75. The van der Waals surface area contributed by atoms with Crippen molar-refractivity contribution in [2.45, 2.75) is 63.9 Å². The smallest absolute Gasteiger partial charge is 0.308 e. The standard InChI is InChI=1S/C18H26O3S/c1-4-6-9-18(5-2)12-22-16-11-15(21-13(3)19)8-7-14(16)10-17(18)20/h7-8,11,17,20H,4-6,9-10,12H2,1-3H3/t17-,18+/m1/s1. The van der Waals surface area contributed by atoms with Gasteiger partial charge in [0.25, 0.3) is 0 Å². The number of rotatable bonds is 5. The third-order valence-electron chi connectivity index (χ3n) is 4.67. The van der Waals surface area contributed by atoms with Gasteiger partial charge in [0.2, 0.25) is 0 Å². The predicted molar refractivity (Wildman–Crippen MR) is 90.4 cm³/mol. The summed E-state index contributed by atoms with van der Waals surface area (Å²) in [6.07, 6.45) is 4.74. The van der Waals surface area contributed by atoms with Crippen LogP contribution < -0.4 is 4.74 Å². The summed E-state index contributed by atoms with van der Waals surface area (Å²) in [6.45, 7) is 5.79. The quantitative estimate of drug-likeness (QED) is 0.651. The van der Waals surface area contributed by atoms with E-state index in [9.17, 15) is 9.90 Å². The minimum Gasteiger partial charge on any atom is -0.427 e. The molecular formula is C18H26O3S. The van der Waals surface area contributed by atoms with Gasteiger partial charge in [0.05, 0.1) is 6.10 Å². The summed E-state index contributed by atoms with van der Waals surface area (Å²) in [5.74, 6) is 1.21. The topological polar surface area (TPSA) is 46.5 Å². The first kappa shape index (κ1) is 17.4. The fourth-order valence-electron chi connectivity index (χ4n) is 3.09. The van der Waals surface area contributed by atoms with E-state index in [0.29, 0.717) is 12.2 Å². The molecule has 22 heavy (non-hydrogen) atoms. The van der Waals surface area contributed by atoms with Gasteiger partial charge in [-0.2, -0.15) is 0 Å². The van der Waals surface area contributed by atoms with E-state index >= 15 is 0 Å². The second-order valence-electron chi connectivity index (χ2n) is 6.19. The van der Waals surface area contributed by atoms with E-state index in [2.05, 4.69) is 13.8 Å². The largest absolute Gasteiger partial charge is 0.427 e. The Morgan fingerprint density at radius 1 is 1.45 bits per heavy atom. The van der Waals surface area contributed by atoms with Gasteiger partial charge in [-0.3, -0.25) is 4.79 Å². The third kappa shape index (κ3) is 3.85. The van der Waals surface area contributed by atoms with E-state index < -0.39 is 0 Å². The lowest BCUT2D eigenvalue weighted by Crippen LogP contribution is -2.37. The van der Waals surface area contributed by atoms with Crippen molar-refractivity contribution >= 4 is 17.7 Å². The van der Waals surface area contributed by atoms with E-state index in [1.165, 1.54) is 6.92 Å². The van der Waals surface area contributed by atoms with Crippen LogP contribution in [-0.4, -0.2) is 22.9 Å². The van der Waals surface area contributed by atoms with Crippen LogP contribution in [-0.2, 0) is 11.2 Å². The molecule has 0 saturated heterocycles. The molecule has 1 aromatic rings. The summed E-state index contributed by atoms with van der Waals surface area (Å²) < 4.78 is 5.18. The maximum Gasteiger partial charge on any atom is 0.308 e. The molecule has 1 heterocycles. The molecule has 122 valence electrons. The van der Waals surface area contributed by atoms with Crippen molar-refractivity contribution in [2.75, 3.05) is 5.75 Å². The molecule has 0 saturated carbocycles. The number of hydrogen-bond acceptors (Lipinski definition) is 4. The molecule has 0 radical (unpaired) electrons. The first-order valence-corrected chi connectivity index (χ1v) is 9.11. The number of esters is 1. The van der Waals surface area contributed by atoms with Crippen LogP contribution in [0.1, 0.15) is 52.0 Å². The number of benzene rings is 1. The van der Waals surface area contributed by atoms with Crippen molar-refractivity contribution in [3.05, 3.63) is 23.8 Å². The number of fused-ring (bicyclic) bond motifs is 1. The lowest BCUT2D eigenvalue weighted by molar-refractivity contribution is -0.131. The monoisotopic (exact) mass is 322 g/mol. The summed E-state index contributed by atoms with van der Waals surface area (Å²) in [7, 11) is 0. The zero-order valence-electron chi connectivity index (χ0n) is 13.7. The van der Waals surface area contributed by atoms with Gasteiger partial charge in [-0.1, -0.05) is 32.8 Å². The molecule has 0 bridgehead atoms. The normalized spacial score (nSPS) is 24.5. The number of thioether (sulfide) groups is 1. The zero-order chi connectivity index (χ0) is 16.2. The number of hydrogen-bond donors (Lipinski definition) is 1. The summed E-state index contributed by atoms with van der Waals surface area (Å²) in [6, 6.07) is 5.73. The van der Waals surface area contributed by atoms with E-state index in [4.69, 9.17) is 4.74 Å². The molecule has 0 spiro atoms. The van der Waals surface area contributed by atoms with Crippen molar-refractivity contribution in [1.29, 1.82) is 0 Å². The van der Waals surface area contributed by atoms with E-state index in [1.54, 1.807) is 11.8 Å². The van der Waals surface area contributed by atoms with Crippen molar-refractivity contribution < 1.29 is 14.6 Å². The van der Waals surface area contributed by atoms with Crippen molar-refractivity contribution in [2.24, 2.45) is 5.41 Å². The van der Waals surface area contributed by atoms with Crippen LogP contribution in [0.5, 0.6) is 5.75 Å². The Bertz CT molecular complexity index is 529. The van der Waals surface area contributed by atoms with Gasteiger partial charge in [-0.25, -0.2) is 0 Å². The van der Waals surface area contributed by atoms with Crippen molar-refractivity contribution in [1.82, 2.24) is 0 Å². The van der Waals surface area contributed by atoms with Crippen LogP contribution >= 0.6 is 11.8 Å². The Balaban J connectivity index is 2.23. The number of carbonyl (C=O) groups is 1. The van der Waals surface area contributed by atoms with Crippen molar-refractivity contribution in [3.63, 3.8) is 0 Å². The molecule has 0 unspecified atom stereocenters. The molecule has 0 amide bonds. The van der Waals surface area contributed by atoms with Gasteiger partial charge in [0, 0.05) is 29.4 Å². The second-order valence-corrected chi connectivity index (χ2v) is 7.21. The summed E-state index contributed by atoms with van der Waals surface area (Å²) in [5.41, 5.74) is 1.14. The van der Waals surface area contributed by atoms with Crippen LogP contribution in [0.25, 0.3) is 0 Å². The molecule has 2 atom stereocenters. The highest BCUT2D eigenvalue weighted by Gasteiger charge is 2.38. The van der Waals surface area contributed by atoms with E-state index in [1.807, 2.05) is 18.2 Å². The molecular weight excluding hydrogens is 296 g/mol. The fourth-order valence-corrected chi connectivity index (χ4v) is 4.61. The fraction of sp³-hybridized carbons (Fsp3) is 0.611. The molecule has 1 N–H and O–H groups in total. The summed E-state index contributed by atoms with van der Waals surface area (Å²) >= 11 is 1.79. The Labute approximate surface area is 137 Å². The highest BCUT2D eigenvalue weighted by molar-refractivity contribution is 7.99. The van der Waals surface area contributed by atoms with Gasteiger partial charge in [-0.05, 0) is 30.5 Å². The van der Waals surface area contributed by atoms with Gasteiger partial charge < -0.3 is 9.84 Å². The average molecular weight is 322 g/mol. The number of aliphatic hydroxyl groups is 1. The molecule has 0 aliphatic carbocycles. The van der Waals surface area contributed by atoms with Crippen LogP contribution in [0.15, 0.2) is 23.1 Å². The predicted octanol–water partition coefficient (Wildman–Crippen LogP) is 4.21. The molecule has 2 rings (SSSR count). The Morgan fingerprint density at radius 3 is 2.86 bits per heavy atom. The molecule has 4 heteroatoms.